The van der Waals surface area contributed by atoms with E-state index >= 15 is 0 Å². The number of rotatable bonds is 3. The van der Waals surface area contributed by atoms with E-state index in [4.69, 9.17) is 0 Å². The number of likely N-dealkylation sites (tertiary alicyclic amines) is 1. The van der Waals surface area contributed by atoms with E-state index in [2.05, 4.69) is 0 Å². The van der Waals surface area contributed by atoms with Crippen molar-refractivity contribution in [3.05, 3.63) is 29.8 Å². The van der Waals surface area contributed by atoms with E-state index in [0.717, 1.165) is 6.42 Å². The lowest BCUT2D eigenvalue weighted by Crippen LogP contribution is -2.46. The van der Waals surface area contributed by atoms with Crippen LogP contribution in [0.5, 0.6) is 0 Å². The van der Waals surface area contributed by atoms with Crippen molar-refractivity contribution in [2.75, 3.05) is 18.8 Å². The predicted octanol–water partition coefficient (Wildman–Crippen LogP) is 1.32. The fraction of sp³-hybridized carbons (Fsp3) is 0.533. The zero-order valence-corrected chi connectivity index (χ0v) is 13.1. The monoisotopic (exact) mass is 311 g/mol. The second-order valence-corrected chi connectivity index (χ2v) is 7.73. The molecule has 1 amide bonds. The number of carbonyl (C=O) groups excluding carboxylic acids is 1. The van der Waals surface area contributed by atoms with Crippen LogP contribution in [0.15, 0.2) is 29.2 Å². The third-order valence-corrected chi connectivity index (χ3v) is 5.82. The first kappa shape index (κ1) is 16.0. The lowest BCUT2D eigenvalue weighted by Gasteiger charge is -2.34. The van der Waals surface area contributed by atoms with Crippen LogP contribution in [0.1, 0.15) is 30.6 Å². The summed E-state index contributed by atoms with van der Waals surface area (Å²) in [7, 11) is -3.45. The van der Waals surface area contributed by atoms with E-state index < -0.39 is 15.9 Å². The number of aliphatic hydroxyl groups excluding tert-OH is 1. The largest absolute Gasteiger partial charge is 0.391 e. The van der Waals surface area contributed by atoms with Crippen LogP contribution in [-0.4, -0.2) is 49.3 Å². The van der Waals surface area contributed by atoms with Gasteiger partial charge in [0.15, 0.2) is 9.84 Å². The van der Waals surface area contributed by atoms with Crippen LogP contribution < -0.4 is 0 Å². The quantitative estimate of drug-likeness (QED) is 0.913. The van der Waals surface area contributed by atoms with Gasteiger partial charge in [-0.2, -0.15) is 0 Å². The topological polar surface area (TPSA) is 74.7 Å². The molecule has 1 aliphatic rings. The van der Waals surface area contributed by atoms with Gasteiger partial charge in [0.05, 0.1) is 22.3 Å². The van der Waals surface area contributed by atoms with Gasteiger partial charge in [-0.1, -0.05) is 26.0 Å². The molecule has 1 N–H and O–H groups in total. The molecule has 2 unspecified atom stereocenters. The Hall–Kier alpha value is -1.40. The molecule has 0 spiro atoms. The number of piperidine rings is 1. The summed E-state index contributed by atoms with van der Waals surface area (Å²) in [6, 6.07) is 6.28. The molecule has 0 aromatic heterocycles. The maximum absolute atomic E-state index is 12.6. The van der Waals surface area contributed by atoms with Crippen LogP contribution in [0, 0.1) is 5.92 Å². The number of β-amino-alcohol motifs (C(OH)–C–C–N with tert-alkyl or cyclic N) is 1. The van der Waals surface area contributed by atoms with E-state index in [-0.39, 0.29) is 34.6 Å². The number of benzene rings is 1. The standard InChI is InChI=1S/C15H21NO4S/c1-3-21(19,20)14-7-5-4-6-12(14)15(18)16-9-8-11(2)13(17)10-16/h4-7,11,13,17H,3,8-10H2,1-2H3. The van der Waals surface area contributed by atoms with E-state index in [1.807, 2.05) is 6.92 Å². The Morgan fingerprint density at radius 1 is 1.38 bits per heavy atom. The molecular weight excluding hydrogens is 290 g/mol. The Morgan fingerprint density at radius 3 is 2.67 bits per heavy atom. The van der Waals surface area contributed by atoms with Crippen LogP contribution >= 0.6 is 0 Å². The van der Waals surface area contributed by atoms with Crippen molar-refractivity contribution in [2.45, 2.75) is 31.3 Å². The number of carbonyl (C=O) groups is 1. The van der Waals surface area contributed by atoms with Gasteiger partial charge >= 0.3 is 0 Å². The third-order valence-electron chi connectivity index (χ3n) is 4.04. The van der Waals surface area contributed by atoms with Crippen molar-refractivity contribution < 1.29 is 18.3 Å². The van der Waals surface area contributed by atoms with Crippen molar-refractivity contribution in [2.24, 2.45) is 5.92 Å². The molecular formula is C15H21NO4S. The Balaban J connectivity index is 2.33. The average Bonchev–Trinajstić information content (AvgIpc) is 2.49. The van der Waals surface area contributed by atoms with Crippen molar-refractivity contribution >= 4 is 15.7 Å². The number of nitrogens with zero attached hydrogens (tertiary/aromatic N) is 1. The third kappa shape index (κ3) is 3.27. The molecule has 0 radical (unpaired) electrons. The van der Waals surface area contributed by atoms with Gasteiger partial charge < -0.3 is 10.0 Å². The summed E-state index contributed by atoms with van der Waals surface area (Å²) >= 11 is 0. The number of amides is 1. The molecule has 0 bridgehead atoms. The van der Waals surface area contributed by atoms with Crippen LogP contribution in [0.2, 0.25) is 0 Å². The molecule has 1 fully saturated rings. The Bertz CT molecular complexity index is 626. The maximum Gasteiger partial charge on any atom is 0.255 e. The molecule has 116 valence electrons. The fourth-order valence-electron chi connectivity index (χ4n) is 2.47. The van der Waals surface area contributed by atoms with Gasteiger partial charge in [0.1, 0.15) is 0 Å². The second kappa shape index (κ2) is 6.15. The Labute approximate surface area is 125 Å². The molecule has 0 aliphatic carbocycles. The molecule has 1 saturated heterocycles. The summed E-state index contributed by atoms with van der Waals surface area (Å²) in [6.45, 7) is 4.29. The van der Waals surface area contributed by atoms with Crippen LogP contribution in [0.25, 0.3) is 0 Å². The highest BCUT2D eigenvalue weighted by Gasteiger charge is 2.30. The summed E-state index contributed by atoms with van der Waals surface area (Å²) in [4.78, 5) is 14.2. The SMILES string of the molecule is CCS(=O)(=O)c1ccccc1C(=O)N1CCC(C)C(O)C1. The minimum absolute atomic E-state index is 0.0447. The lowest BCUT2D eigenvalue weighted by molar-refractivity contribution is 0.0246. The molecule has 1 heterocycles. The number of aliphatic hydroxyl groups is 1. The van der Waals surface area contributed by atoms with Crippen molar-refractivity contribution in [1.29, 1.82) is 0 Å². The van der Waals surface area contributed by atoms with E-state index in [1.165, 1.54) is 17.0 Å². The van der Waals surface area contributed by atoms with Crippen molar-refractivity contribution in [1.82, 2.24) is 4.90 Å². The van der Waals surface area contributed by atoms with Gasteiger partial charge in [0, 0.05) is 13.1 Å². The molecule has 21 heavy (non-hydrogen) atoms. The fourth-order valence-corrected chi connectivity index (χ4v) is 3.56. The van der Waals surface area contributed by atoms with Crippen molar-refractivity contribution in [3.63, 3.8) is 0 Å². The summed E-state index contributed by atoms with van der Waals surface area (Å²) in [5, 5.41) is 9.91. The van der Waals surface area contributed by atoms with E-state index in [9.17, 15) is 18.3 Å². The van der Waals surface area contributed by atoms with Crippen LogP contribution in [0.3, 0.4) is 0 Å². The summed E-state index contributed by atoms with van der Waals surface area (Å²) < 4.78 is 24.2. The molecule has 5 nitrogen and oxygen atoms in total. The van der Waals surface area contributed by atoms with Gasteiger partial charge in [-0.3, -0.25) is 4.79 Å². The smallest absolute Gasteiger partial charge is 0.255 e. The van der Waals surface area contributed by atoms with E-state index in [0.29, 0.717) is 6.54 Å². The van der Waals surface area contributed by atoms with Crippen LogP contribution in [0.4, 0.5) is 0 Å². The van der Waals surface area contributed by atoms with Gasteiger partial charge in [0.2, 0.25) is 0 Å². The molecule has 2 rings (SSSR count). The van der Waals surface area contributed by atoms with Gasteiger partial charge in [-0.25, -0.2) is 8.42 Å². The molecule has 6 heteroatoms. The van der Waals surface area contributed by atoms with E-state index in [1.54, 1.807) is 19.1 Å². The minimum Gasteiger partial charge on any atom is -0.391 e. The molecule has 1 aromatic carbocycles. The molecule has 0 saturated carbocycles. The minimum atomic E-state index is -3.45. The van der Waals surface area contributed by atoms with Crippen molar-refractivity contribution in [3.8, 4) is 0 Å². The predicted molar refractivity (Wildman–Crippen MR) is 79.9 cm³/mol. The van der Waals surface area contributed by atoms with Gasteiger partial charge in [0.25, 0.3) is 5.91 Å². The zero-order valence-electron chi connectivity index (χ0n) is 12.3. The Kier molecular flexibility index (Phi) is 4.68. The first-order chi connectivity index (χ1) is 9.86. The van der Waals surface area contributed by atoms with Gasteiger partial charge in [-0.15, -0.1) is 0 Å². The maximum atomic E-state index is 12.6. The number of hydrogen-bond donors (Lipinski definition) is 1. The normalized spacial score (nSPS) is 23.1. The number of hydrogen-bond acceptors (Lipinski definition) is 4. The highest BCUT2D eigenvalue weighted by molar-refractivity contribution is 7.91. The first-order valence-corrected chi connectivity index (χ1v) is 8.81. The Morgan fingerprint density at radius 2 is 2.05 bits per heavy atom. The highest BCUT2D eigenvalue weighted by Crippen LogP contribution is 2.23. The molecule has 1 aromatic rings. The second-order valence-electron chi connectivity index (χ2n) is 5.48. The summed E-state index contributed by atoms with van der Waals surface area (Å²) in [5.74, 6) is -0.214. The number of sulfone groups is 1. The zero-order chi connectivity index (χ0) is 15.6. The highest BCUT2D eigenvalue weighted by atomic mass is 32.2. The van der Waals surface area contributed by atoms with Crippen LogP contribution in [-0.2, 0) is 9.84 Å². The summed E-state index contributed by atoms with van der Waals surface area (Å²) in [5.41, 5.74) is 0.195. The molecule has 2 atom stereocenters. The average molecular weight is 311 g/mol. The molecule has 1 aliphatic heterocycles. The summed E-state index contributed by atoms with van der Waals surface area (Å²) in [6.07, 6.45) is 0.160. The lowest BCUT2D eigenvalue weighted by atomic mass is 9.95. The first-order valence-electron chi connectivity index (χ1n) is 7.16. The van der Waals surface area contributed by atoms with Gasteiger partial charge in [-0.05, 0) is 24.5 Å².